The number of imide groups is 1. The van der Waals surface area contributed by atoms with Gasteiger partial charge in [-0.15, -0.1) is 11.8 Å². The van der Waals surface area contributed by atoms with Crippen molar-refractivity contribution in [2.45, 2.75) is 51.5 Å². The molecule has 0 saturated heterocycles. The van der Waals surface area contributed by atoms with E-state index in [1.165, 1.54) is 4.90 Å². The van der Waals surface area contributed by atoms with Crippen LogP contribution in [0.5, 0.6) is 0 Å². The van der Waals surface area contributed by atoms with Crippen molar-refractivity contribution in [3.63, 3.8) is 0 Å². The van der Waals surface area contributed by atoms with Crippen LogP contribution in [0, 0.1) is 11.3 Å². The Morgan fingerprint density at radius 1 is 1.07 bits per heavy atom. The normalized spacial score (nSPS) is 14.9. The average molecular weight is 555 g/mol. The summed E-state index contributed by atoms with van der Waals surface area (Å²) in [7, 11) is 0. The molecule has 2 aromatic carbocycles. The Kier molecular flexibility index (Phi) is 9.75. The van der Waals surface area contributed by atoms with E-state index in [0.717, 1.165) is 33.9 Å². The maximum atomic E-state index is 13.6. The smallest absolute Gasteiger partial charge is 0.271 e. The molecule has 206 valence electrons. The highest BCUT2D eigenvalue weighted by molar-refractivity contribution is 7.99. The predicted molar refractivity (Wildman–Crippen MR) is 159 cm³/mol. The fourth-order valence-corrected chi connectivity index (χ4v) is 5.16. The van der Waals surface area contributed by atoms with Gasteiger partial charge in [0.1, 0.15) is 11.6 Å². The summed E-state index contributed by atoms with van der Waals surface area (Å²) in [5, 5.41) is 14.7. The summed E-state index contributed by atoms with van der Waals surface area (Å²) in [6.45, 7) is 8.27. The number of hydrogen-bond acceptors (Lipinski definition) is 6. The maximum Gasteiger partial charge on any atom is 0.271 e. The first kappa shape index (κ1) is 29.1. The summed E-state index contributed by atoms with van der Waals surface area (Å²) in [6.07, 6.45) is 5.27. The molecule has 0 N–H and O–H groups in total. The monoisotopic (exact) mass is 554 g/mol. The highest BCUT2D eigenvalue weighted by Gasteiger charge is 2.35. The molecule has 1 aliphatic heterocycles. The Labute approximate surface area is 240 Å². The van der Waals surface area contributed by atoms with Crippen molar-refractivity contribution in [1.82, 2.24) is 14.7 Å². The fraction of sp³-hybridized carbons (Fsp3) is 0.312. The molecule has 0 unspecified atom stereocenters. The minimum Gasteiger partial charge on any atom is -0.379 e. The zero-order valence-corrected chi connectivity index (χ0v) is 24.2. The molecule has 7 nitrogen and oxygen atoms in total. The van der Waals surface area contributed by atoms with E-state index in [4.69, 9.17) is 9.84 Å². The lowest BCUT2D eigenvalue weighted by Gasteiger charge is -2.27. The van der Waals surface area contributed by atoms with Gasteiger partial charge >= 0.3 is 0 Å². The van der Waals surface area contributed by atoms with Gasteiger partial charge < -0.3 is 4.74 Å². The van der Waals surface area contributed by atoms with Gasteiger partial charge in [0.05, 0.1) is 17.5 Å². The van der Waals surface area contributed by atoms with E-state index < -0.39 is 11.8 Å². The third-order valence-electron chi connectivity index (χ3n) is 6.47. The SMILES string of the molecule is CCCSc1ccc(-c2nn(-c3ccccc3)cc2/C=C2/C(=O)N(CCCOC(C)C)C(=O)C(C#N)=C2C)cc1. The Balaban J connectivity index is 1.77. The molecule has 40 heavy (non-hydrogen) atoms. The number of amides is 2. The standard InChI is InChI=1S/C32H34N4O3S/c1-5-18-40-27-14-12-24(13-15-27)30-25(21-36(34-30)26-10-7-6-8-11-26)19-28-23(4)29(20-33)32(38)35(31(28)37)16-9-17-39-22(2)3/h6-8,10-15,19,21-22H,5,9,16-18H2,1-4H3/b28-19+. The summed E-state index contributed by atoms with van der Waals surface area (Å²) < 4.78 is 7.37. The number of benzene rings is 2. The van der Waals surface area contributed by atoms with E-state index in [1.807, 2.05) is 68.6 Å². The number of hydrogen-bond donors (Lipinski definition) is 0. The number of carbonyl (C=O) groups excluding carboxylic acids is 2. The van der Waals surface area contributed by atoms with Gasteiger partial charge in [-0.3, -0.25) is 14.5 Å². The highest BCUT2D eigenvalue weighted by atomic mass is 32.2. The number of aromatic nitrogens is 2. The van der Waals surface area contributed by atoms with Gasteiger partial charge in [0, 0.05) is 40.9 Å². The predicted octanol–water partition coefficient (Wildman–Crippen LogP) is 6.45. The van der Waals surface area contributed by atoms with E-state index in [0.29, 0.717) is 29.9 Å². The van der Waals surface area contributed by atoms with Crippen molar-refractivity contribution in [1.29, 1.82) is 5.26 Å². The van der Waals surface area contributed by atoms with Gasteiger partial charge in [-0.1, -0.05) is 37.3 Å². The van der Waals surface area contributed by atoms with Crippen LogP contribution < -0.4 is 0 Å². The van der Waals surface area contributed by atoms with Crippen LogP contribution in [-0.2, 0) is 14.3 Å². The first-order valence-corrected chi connectivity index (χ1v) is 14.5. The second-order valence-corrected chi connectivity index (χ2v) is 11.0. The lowest BCUT2D eigenvalue weighted by molar-refractivity contribution is -0.140. The molecule has 4 rings (SSSR count). The third-order valence-corrected chi connectivity index (χ3v) is 7.68. The van der Waals surface area contributed by atoms with Gasteiger partial charge in [-0.25, -0.2) is 4.68 Å². The molecular formula is C32H34N4O3S. The molecule has 3 aromatic rings. The van der Waals surface area contributed by atoms with E-state index in [9.17, 15) is 14.9 Å². The molecule has 1 aliphatic rings. The lowest BCUT2D eigenvalue weighted by atomic mass is 9.93. The number of rotatable bonds is 11. The minimum atomic E-state index is -0.563. The zero-order valence-electron chi connectivity index (χ0n) is 23.4. The van der Waals surface area contributed by atoms with Gasteiger partial charge in [0.25, 0.3) is 11.8 Å². The quantitative estimate of drug-likeness (QED) is 0.117. The second-order valence-electron chi connectivity index (χ2n) is 9.79. The van der Waals surface area contributed by atoms with Crippen LogP contribution in [0.4, 0.5) is 0 Å². The number of carbonyl (C=O) groups is 2. The zero-order chi connectivity index (χ0) is 28.6. The molecular weight excluding hydrogens is 520 g/mol. The van der Waals surface area contributed by atoms with Crippen molar-refractivity contribution < 1.29 is 14.3 Å². The van der Waals surface area contributed by atoms with E-state index >= 15 is 0 Å². The molecule has 0 saturated carbocycles. The Morgan fingerprint density at radius 2 is 1.80 bits per heavy atom. The summed E-state index contributed by atoms with van der Waals surface area (Å²) in [5.41, 5.74) is 3.87. The Hall–Kier alpha value is -3.93. The lowest BCUT2D eigenvalue weighted by Crippen LogP contribution is -2.43. The molecule has 0 spiro atoms. The van der Waals surface area contributed by atoms with Crippen LogP contribution >= 0.6 is 11.8 Å². The highest BCUT2D eigenvalue weighted by Crippen LogP contribution is 2.32. The summed E-state index contributed by atoms with van der Waals surface area (Å²) in [4.78, 5) is 29.0. The molecule has 1 aromatic heterocycles. The summed E-state index contributed by atoms with van der Waals surface area (Å²) >= 11 is 1.81. The molecule has 0 radical (unpaired) electrons. The van der Waals surface area contributed by atoms with Crippen LogP contribution in [0.1, 0.15) is 46.1 Å². The first-order valence-electron chi connectivity index (χ1n) is 13.5. The molecule has 0 fully saturated rings. The van der Waals surface area contributed by atoms with Crippen LogP contribution in [0.3, 0.4) is 0 Å². The van der Waals surface area contributed by atoms with Crippen LogP contribution in [0.15, 0.2) is 82.4 Å². The second kappa shape index (κ2) is 13.4. The molecule has 2 heterocycles. The number of thioether (sulfide) groups is 1. The maximum absolute atomic E-state index is 13.6. The molecule has 0 aliphatic carbocycles. The summed E-state index contributed by atoms with van der Waals surface area (Å²) in [6, 6.07) is 20.0. The van der Waals surface area contributed by atoms with Crippen molar-refractivity contribution in [2.24, 2.45) is 0 Å². The van der Waals surface area contributed by atoms with Crippen molar-refractivity contribution >= 4 is 29.7 Å². The number of nitrogens with zero attached hydrogens (tertiary/aromatic N) is 4. The van der Waals surface area contributed by atoms with E-state index in [-0.39, 0.29) is 18.2 Å². The first-order chi connectivity index (χ1) is 19.3. The van der Waals surface area contributed by atoms with Gasteiger partial charge in [-0.05, 0) is 75.3 Å². The Morgan fingerprint density at radius 3 is 2.45 bits per heavy atom. The topological polar surface area (TPSA) is 88.2 Å². The molecule has 8 heteroatoms. The summed E-state index contributed by atoms with van der Waals surface area (Å²) in [5.74, 6) is 0.0652. The van der Waals surface area contributed by atoms with Crippen LogP contribution in [-0.4, -0.2) is 51.5 Å². The number of para-hydroxylation sites is 1. The van der Waals surface area contributed by atoms with Crippen LogP contribution in [0.2, 0.25) is 0 Å². The number of nitriles is 1. The van der Waals surface area contributed by atoms with Crippen molar-refractivity contribution in [3.05, 3.63) is 83.1 Å². The molecule has 0 atom stereocenters. The molecule has 0 bridgehead atoms. The fourth-order valence-electron chi connectivity index (χ4n) is 4.39. The van der Waals surface area contributed by atoms with Crippen molar-refractivity contribution in [3.8, 4) is 23.0 Å². The van der Waals surface area contributed by atoms with E-state index in [1.54, 1.807) is 29.4 Å². The average Bonchev–Trinajstić information content (AvgIpc) is 3.38. The third kappa shape index (κ3) is 6.61. The van der Waals surface area contributed by atoms with Gasteiger partial charge in [0.2, 0.25) is 0 Å². The molecule has 2 amide bonds. The van der Waals surface area contributed by atoms with Gasteiger partial charge in [0.15, 0.2) is 0 Å². The minimum absolute atomic E-state index is 0.0232. The number of ether oxygens (including phenoxy) is 1. The van der Waals surface area contributed by atoms with E-state index in [2.05, 4.69) is 19.1 Å². The van der Waals surface area contributed by atoms with Crippen molar-refractivity contribution in [2.75, 3.05) is 18.9 Å². The largest absolute Gasteiger partial charge is 0.379 e. The van der Waals surface area contributed by atoms with Gasteiger partial charge in [-0.2, -0.15) is 10.4 Å². The Bertz CT molecular complexity index is 1460. The van der Waals surface area contributed by atoms with Crippen LogP contribution in [0.25, 0.3) is 23.0 Å².